The van der Waals surface area contributed by atoms with Crippen molar-refractivity contribution in [3.63, 3.8) is 0 Å². The lowest BCUT2D eigenvalue weighted by molar-refractivity contribution is -0.116. The topological polar surface area (TPSA) is 132 Å². The molecule has 0 saturated heterocycles. The van der Waals surface area contributed by atoms with Gasteiger partial charge >= 0.3 is 0 Å². The van der Waals surface area contributed by atoms with E-state index in [-0.39, 0.29) is 11.4 Å². The van der Waals surface area contributed by atoms with Crippen molar-refractivity contribution in [1.29, 1.82) is 0 Å². The first kappa shape index (κ1) is 22.3. The monoisotopic (exact) mass is 445 g/mol. The third-order valence-electron chi connectivity index (χ3n) is 4.64. The number of carbonyl (C=O) groups excluding carboxylic acids is 1. The van der Waals surface area contributed by atoms with Gasteiger partial charge in [-0.15, -0.1) is 5.10 Å². The van der Waals surface area contributed by atoms with Crippen LogP contribution in [0.4, 0.5) is 5.69 Å². The summed E-state index contributed by atoms with van der Waals surface area (Å²) >= 11 is 0. The molecule has 0 aliphatic rings. The molecule has 0 spiro atoms. The van der Waals surface area contributed by atoms with Crippen molar-refractivity contribution < 1.29 is 13.2 Å². The van der Waals surface area contributed by atoms with Crippen LogP contribution in [0.5, 0.6) is 0 Å². The second-order valence-electron chi connectivity index (χ2n) is 6.68. The van der Waals surface area contributed by atoms with Gasteiger partial charge in [0.05, 0.1) is 4.90 Å². The minimum Gasteiger partial charge on any atom is -0.325 e. The van der Waals surface area contributed by atoms with E-state index in [1.807, 2.05) is 0 Å². The number of amides is 1. The number of hydrogen-bond donors (Lipinski definition) is 1. The van der Waals surface area contributed by atoms with Gasteiger partial charge < -0.3 is 9.88 Å². The molecule has 0 unspecified atom stereocenters. The van der Waals surface area contributed by atoms with E-state index in [1.54, 1.807) is 45.2 Å². The Morgan fingerprint density at radius 2 is 1.90 bits per heavy atom. The van der Waals surface area contributed by atoms with Crippen LogP contribution in [0.2, 0.25) is 0 Å². The molecule has 1 N–H and O–H groups in total. The van der Waals surface area contributed by atoms with Crippen molar-refractivity contribution in [3.05, 3.63) is 52.9 Å². The quantitative estimate of drug-likeness (QED) is 0.540. The van der Waals surface area contributed by atoms with Crippen LogP contribution in [0.25, 0.3) is 11.4 Å². The second kappa shape index (κ2) is 9.18. The number of carbonyl (C=O) groups is 1. The Kier molecular flexibility index (Phi) is 6.61. The number of sulfonamides is 1. The van der Waals surface area contributed by atoms with E-state index in [0.717, 1.165) is 10.6 Å². The molecule has 0 atom stereocenters. The molecule has 1 amide bonds. The van der Waals surface area contributed by atoms with Crippen molar-refractivity contribution in [1.82, 2.24) is 29.1 Å². The third kappa shape index (κ3) is 4.86. The van der Waals surface area contributed by atoms with E-state index in [0.29, 0.717) is 30.2 Å². The molecule has 12 heteroatoms. The maximum Gasteiger partial charge on any atom is 0.251 e. The van der Waals surface area contributed by atoms with Crippen molar-refractivity contribution in [2.75, 3.05) is 18.4 Å². The molecular weight excluding hydrogens is 422 g/mol. The molecule has 2 heterocycles. The molecule has 0 fully saturated rings. The molecule has 11 nitrogen and oxygen atoms in total. The number of pyridine rings is 1. The van der Waals surface area contributed by atoms with E-state index < -0.39 is 21.5 Å². The average molecular weight is 446 g/mol. The van der Waals surface area contributed by atoms with Crippen LogP contribution in [0.1, 0.15) is 13.8 Å². The molecule has 3 aromatic rings. The predicted molar refractivity (Wildman–Crippen MR) is 114 cm³/mol. The number of tetrazole rings is 1. The Hall–Kier alpha value is -3.38. The Bertz CT molecular complexity index is 1250. The van der Waals surface area contributed by atoms with Crippen molar-refractivity contribution in [3.8, 4) is 11.4 Å². The average Bonchev–Trinajstić information content (AvgIpc) is 3.16. The van der Waals surface area contributed by atoms with Crippen molar-refractivity contribution >= 4 is 21.6 Å². The molecule has 0 aliphatic carbocycles. The zero-order valence-electron chi connectivity index (χ0n) is 17.4. The van der Waals surface area contributed by atoms with E-state index in [9.17, 15) is 18.0 Å². The third-order valence-corrected chi connectivity index (χ3v) is 6.67. The molecule has 164 valence electrons. The number of nitrogens with zero attached hydrogens (tertiary/aromatic N) is 6. The van der Waals surface area contributed by atoms with E-state index in [2.05, 4.69) is 20.8 Å². The highest BCUT2D eigenvalue weighted by molar-refractivity contribution is 7.89. The SMILES string of the molecule is CCN(CC)S(=O)(=O)c1ccc(=O)n(CC(=O)Nc2cccc(-c3nnnn3C)c2)c1. The summed E-state index contributed by atoms with van der Waals surface area (Å²) in [5, 5.41) is 14.0. The van der Waals surface area contributed by atoms with E-state index >= 15 is 0 Å². The summed E-state index contributed by atoms with van der Waals surface area (Å²) < 4.78 is 29.3. The predicted octanol–water partition coefficient (Wildman–Crippen LogP) is 0.708. The van der Waals surface area contributed by atoms with Gasteiger partial charge in [-0.2, -0.15) is 4.31 Å². The zero-order valence-corrected chi connectivity index (χ0v) is 18.2. The fourth-order valence-electron chi connectivity index (χ4n) is 3.06. The van der Waals surface area contributed by atoms with Crippen molar-refractivity contribution in [2.24, 2.45) is 7.05 Å². The summed E-state index contributed by atoms with van der Waals surface area (Å²) in [6.07, 6.45) is 1.19. The van der Waals surface area contributed by atoms with Gasteiger partial charge in [0, 0.05) is 43.7 Å². The molecule has 0 saturated carbocycles. The molecule has 0 aliphatic heterocycles. The summed E-state index contributed by atoms with van der Waals surface area (Å²) in [5.41, 5.74) is 0.716. The van der Waals surface area contributed by atoms with Gasteiger partial charge in [-0.25, -0.2) is 13.1 Å². The molecule has 2 aromatic heterocycles. The number of aromatic nitrogens is 5. The second-order valence-corrected chi connectivity index (χ2v) is 8.61. The number of hydrogen-bond acceptors (Lipinski definition) is 7. The lowest BCUT2D eigenvalue weighted by Crippen LogP contribution is -2.33. The number of rotatable bonds is 8. The Balaban J connectivity index is 1.80. The maximum atomic E-state index is 12.7. The van der Waals surface area contributed by atoms with Crippen LogP contribution in [0.15, 0.2) is 52.3 Å². The molecule has 1 aromatic carbocycles. The highest BCUT2D eigenvalue weighted by Crippen LogP contribution is 2.19. The molecule has 0 radical (unpaired) electrons. The van der Waals surface area contributed by atoms with E-state index in [1.165, 1.54) is 21.3 Å². The first-order valence-electron chi connectivity index (χ1n) is 9.59. The van der Waals surface area contributed by atoms with Crippen LogP contribution in [0, 0.1) is 0 Å². The number of nitrogens with one attached hydrogen (secondary N) is 1. The fraction of sp³-hybridized carbons (Fsp3) is 0.316. The maximum absolute atomic E-state index is 12.7. The molecule has 3 rings (SSSR count). The molecule has 0 bridgehead atoms. The van der Waals surface area contributed by atoms with Gasteiger partial charge in [0.15, 0.2) is 5.82 Å². The lowest BCUT2D eigenvalue weighted by Gasteiger charge is -2.19. The zero-order chi connectivity index (χ0) is 22.6. The summed E-state index contributed by atoms with van der Waals surface area (Å²) in [6.45, 7) is 3.73. The lowest BCUT2D eigenvalue weighted by atomic mass is 10.2. The van der Waals surface area contributed by atoms with Crippen molar-refractivity contribution in [2.45, 2.75) is 25.3 Å². The summed E-state index contributed by atoms with van der Waals surface area (Å²) in [6, 6.07) is 9.33. The van der Waals surface area contributed by atoms with Gasteiger partial charge in [0.2, 0.25) is 15.9 Å². The summed E-state index contributed by atoms with van der Waals surface area (Å²) in [7, 11) is -2.05. The Morgan fingerprint density at radius 1 is 1.16 bits per heavy atom. The minimum absolute atomic E-state index is 0.0413. The summed E-state index contributed by atoms with van der Waals surface area (Å²) in [5.74, 6) is 0.0503. The van der Waals surface area contributed by atoms with Crippen LogP contribution < -0.4 is 10.9 Å². The Morgan fingerprint density at radius 3 is 2.55 bits per heavy atom. The van der Waals surface area contributed by atoms with Gasteiger partial charge in [-0.05, 0) is 28.6 Å². The van der Waals surface area contributed by atoms with Gasteiger partial charge in [0.25, 0.3) is 5.56 Å². The highest BCUT2D eigenvalue weighted by atomic mass is 32.2. The van der Waals surface area contributed by atoms with Crippen LogP contribution in [0.3, 0.4) is 0 Å². The molecule has 31 heavy (non-hydrogen) atoms. The largest absolute Gasteiger partial charge is 0.325 e. The molecular formula is C19H23N7O4S. The first-order chi connectivity index (χ1) is 14.8. The van der Waals surface area contributed by atoms with Gasteiger partial charge in [-0.3, -0.25) is 9.59 Å². The van der Waals surface area contributed by atoms with Gasteiger partial charge in [-0.1, -0.05) is 26.0 Å². The highest BCUT2D eigenvalue weighted by Gasteiger charge is 2.22. The van der Waals surface area contributed by atoms with Crippen LogP contribution >= 0.6 is 0 Å². The fourth-order valence-corrected chi connectivity index (χ4v) is 4.54. The smallest absolute Gasteiger partial charge is 0.251 e. The normalized spacial score (nSPS) is 11.6. The Labute approximate surface area is 179 Å². The van der Waals surface area contributed by atoms with Crippen LogP contribution in [-0.2, 0) is 28.4 Å². The van der Waals surface area contributed by atoms with Gasteiger partial charge in [0.1, 0.15) is 6.54 Å². The number of benzene rings is 1. The van der Waals surface area contributed by atoms with E-state index in [4.69, 9.17) is 0 Å². The summed E-state index contributed by atoms with van der Waals surface area (Å²) in [4.78, 5) is 24.7. The standard InChI is InChI=1S/C19H23N7O4S/c1-4-26(5-2)31(29,30)16-9-10-18(28)25(12-16)13-17(27)20-15-8-6-7-14(11-15)19-21-22-23-24(19)3/h6-12H,4-5,13H2,1-3H3,(H,20,27). The number of aryl methyl sites for hydroxylation is 1. The first-order valence-corrected chi connectivity index (χ1v) is 11.0. The number of anilines is 1. The minimum atomic E-state index is -3.75. The van der Waals surface area contributed by atoms with Crippen LogP contribution in [-0.4, -0.2) is 56.5 Å².